The van der Waals surface area contributed by atoms with Gasteiger partial charge in [0.1, 0.15) is 5.75 Å². The molecular formula is C18H20F2N2O6. The maximum absolute atomic E-state index is 12.7. The van der Waals surface area contributed by atoms with Gasteiger partial charge in [-0.25, -0.2) is 9.59 Å². The highest BCUT2D eigenvalue weighted by atomic mass is 19.3. The fourth-order valence-electron chi connectivity index (χ4n) is 2.97. The third-order valence-electron chi connectivity index (χ3n) is 4.22. The molecule has 0 saturated heterocycles. The van der Waals surface area contributed by atoms with Gasteiger partial charge in [0.05, 0.1) is 18.7 Å². The topological polar surface area (TPSA) is 105 Å². The maximum Gasteiger partial charge on any atom is 0.387 e. The number of nitrogens with one attached hydrogen (secondary N) is 1. The van der Waals surface area contributed by atoms with E-state index in [4.69, 9.17) is 9.84 Å². The Morgan fingerprint density at radius 2 is 2.00 bits per heavy atom. The number of alkyl halides is 2. The van der Waals surface area contributed by atoms with Crippen molar-refractivity contribution in [3.05, 3.63) is 41.1 Å². The van der Waals surface area contributed by atoms with E-state index < -0.39 is 30.6 Å². The third-order valence-corrected chi connectivity index (χ3v) is 4.22. The standard InChI is InChI=1S/C18H20F2N2O6/c1-10-14(16(25)27-2)15(11-6-3-4-7-12(11)28-17(19)20)21-18(26)22(10)9-5-8-13(23)24/h3-4,6-7,15,17H,5,8-9H2,1-2H3,(H,21,26)(H,23,24)/t15-/m1/s1. The van der Waals surface area contributed by atoms with E-state index in [1.807, 2.05) is 0 Å². The molecule has 2 rings (SSSR count). The number of carbonyl (C=O) groups is 3. The number of carboxylic acids is 1. The van der Waals surface area contributed by atoms with Crippen molar-refractivity contribution in [2.45, 2.75) is 32.4 Å². The summed E-state index contributed by atoms with van der Waals surface area (Å²) in [5.41, 5.74) is 0.460. The van der Waals surface area contributed by atoms with Crippen LogP contribution in [-0.2, 0) is 14.3 Å². The summed E-state index contributed by atoms with van der Waals surface area (Å²) in [7, 11) is 1.16. The number of aliphatic carboxylic acids is 1. The first-order valence-electron chi connectivity index (χ1n) is 8.38. The summed E-state index contributed by atoms with van der Waals surface area (Å²) in [5.74, 6) is -1.95. The minimum Gasteiger partial charge on any atom is -0.481 e. The Kier molecular flexibility index (Phi) is 6.91. The number of allylic oxidation sites excluding steroid dienone is 1. The predicted octanol–water partition coefficient (Wildman–Crippen LogP) is 2.67. The molecule has 0 unspecified atom stereocenters. The monoisotopic (exact) mass is 398 g/mol. The van der Waals surface area contributed by atoms with Gasteiger partial charge >= 0.3 is 24.6 Å². The van der Waals surface area contributed by atoms with Gasteiger partial charge in [-0.3, -0.25) is 9.69 Å². The van der Waals surface area contributed by atoms with E-state index in [-0.39, 0.29) is 42.0 Å². The van der Waals surface area contributed by atoms with Crippen molar-refractivity contribution in [1.82, 2.24) is 10.2 Å². The lowest BCUT2D eigenvalue weighted by atomic mass is 9.94. The van der Waals surface area contributed by atoms with Gasteiger partial charge in [-0.15, -0.1) is 0 Å². The highest BCUT2D eigenvalue weighted by molar-refractivity contribution is 5.95. The molecule has 1 aliphatic heterocycles. The molecule has 1 aromatic carbocycles. The van der Waals surface area contributed by atoms with Crippen molar-refractivity contribution >= 4 is 18.0 Å². The molecule has 2 amide bonds. The summed E-state index contributed by atoms with van der Waals surface area (Å²) in [6.45, 7) is -1.51. The number of carbonyl (C=O) groups excluding carboxylic acids is 2. The average molecular weight is 398 g/mol. The second-order valence-corrected chi connectivity index (χ2v) is 5.94. The van der Waals surface area contributed by atoms with E-state index in [1.165, 1.54) is 30.0 Å². The van der Waals surface area contributed by atoms with Crippen LogP contribution in [0.5, 0.6) is 5.75 Å². The largest absolute Gasteiger partial charge is 0.481 e. The number of para-hydroxylation sites is 1. The zero-order valence-electron chi connectivity index (χ0n) is 15.3. The van der Waals surface area contributed by atoms with Crippen LogP contribution in [0.4, 0.5) is 13.6 Å². The van der Waals surface area contributed by atoms with E-state index >= 15 is 0 Å². The molecule has 1 atom stereocenters. The normalized spacial score (nSPS) is 16.8. The fraction of sp³-hybridized carbons (Fsp3) is 0.389. The number of hydrogen-bond donors (Lipinski definition) is 2. The van der Waals surface area contributed by atoms with Gasteiger partial charge in [-0.05, 0) is 19.4 Å². The molecule has 0 aliphatic carbocycles. The van der Waals surface area contributed by atoms with Crippen LogP contribution < -0.4 is 10.1 Å². The number of rotatable bonds is 8. The van der Waals surface area contributed by atoms with Crippen molar-refractivity contribution in [2.75, 3.05) is 13.7 Å². The summed E-state index contributed by atoms with van der Waals surface area (Å²) >= 11 is 0. The lowest BCUT2D eigenvalue weighted by Crippen LogP contribution is -2.48. The molecule has 0 bridgehead atoms. The van der Waals surface area contributed by atoms with Gasteiger partial charge in [0.25, 0.3) is 0 Å². The Morgan fingerprint density at radius 3 is 2.61 bits per heavy atom. The Bertz CT molecular complexity index is 796. The van der Waals surface area contributed by atoms with Crippen molar-refractivity contribution in [3.8, 4) is 5.75 Å². The molecule has 2 N–H and O–H groups in total. The number of esters is 1. The lowest BCUT2D eigenvalue weighted by Gasteiger charge is -2.35. The molecule has 0 aromatic heterocycles. The molecule has 28 heavy (non-hydrogen) atoms. The predicted molar refractivity (Wildman–Crippen MR) is 92.6 cm³/mol. The Balaban J connectivity index is 2.45. The van der Waals surface area contributed by atoms with E-state index in [0.29, 0.717) is 0 Å². The quantitative estimate of drug-likeness (QED) is 0.653. The second kappa shape index (κ2) is 9.16. The number of halogens is 2. The fourth-order valence-corrected chi connectivity index (χ4v) is 2.97. The van der Waals surface area contributed by atoms with Crippen molar-refractivity contribution < 1.29 is 37.7 Å². The van der Waals surface area contributed by atoms with E-state index in [1.54, 1.807) is 6.07 Å². The van der Waals surface area contributed by atoms with Crippen LogP contribution in [0.15, 0.2) is 35.5 Å². The Labute approximate surface area is 159 Å². The zero-order valence-corrected chi connectivity index (χ0v) is 15.3. The molecule has 0 fully saturated rings. The number of hydrogen-bond acceptors (Lipinski definition) is 5. The summed E-state index contributed by atoms with van der Waals surface area (Å²) in [6.07, 6.45) is 0.0173. The smallest absolute Gasteiger partial charge is 0.387 e. The van der Waals surface area contributed by atoms with Gasteiger partial charge in [0, 0.05) is 24.2 Å². The molecule has 0 radical (unpaired) electrons. The van der Waals surface area contributed by atoms with Gasteiger partial charge in [0.15, 0.2) is 0 Å². The molecule has 0 saturated carbocycles. The lowest BCUT2D eigenvalue weighted by molar-refractivity contribution is -0.138. The third kappa shape index (κ3) is 4.76. The Hall–Kier alpha value is -3.17. The number of ether oxygens (including phenoxy) is 2. The SMILES string of the molecule is COC(=O)C1=C(C)N(CCCC(=O)O)C(=O)N[C@@H]1c1ccccc1OC(F)F. The van der Waals surface area contributed by atoms with Gasteiger partial charge in [-0.1, -0.05) is 18.2 Å². The zero-order chi connectivity index (χ0) is 20.8. The molecular weight excluding hydrogens is 378 g/mol. The number of nitrogens with zero attached hydrogens (tertiary/aromatic N) is 1. The van der Waals surface area contributed by atoms with E-state index in [2.05, 4.69) is 10.1 Å². The summed E-state index contributed by atoms with van der Waals surface area (Å²) in [6, 6.07) is 4.15. The number of benzene rings is 1. The van der Waals surface area contributed by atoms with Crippen molar-refractivity contribution in [2.24, 2.45) is 0 Å². The number of amides is 2. The molecule has 8 nitrogen and oxygen atoms in total. The first-order chi connectivity index (χ1) is 13.3. The van der Waals surface area contributed by atoms with E-state index in [9.17, 15) is 23.2 Å². The number of urea groups is 1. The molecule has 1 aromatic rings. The van der Waals surface area contributed by atoms with Crippen LogP contribution in [0, 0.1) is 0 Å². The van der Waals surface area contributed by atoms with Crippen LogP contribution in [0.1, 0.15) is 31.4 Å². The van der Waals surface area contributed by atoms with Gasteiger partial charge in [-0.2, -0.15) is 8.78 Å². The number of methoxy groups -OCH3 is 1. The first kappa shape index (κ1) is 21.1. The van der Waals surface area contributed by atoms with Crippen LogP contribution in [0.2, 0.25) is 0 Å². The minimum absolute atomic E-state index is 0.0442. The molecule has 10 heteroatoms. The van der Waals surface area contributed by atoms with Gasteiger partial charge < -0.3 is 19.9 Å². The number of carboxylic acid groups (broad SMARTS) is 1. The highest BCUT2D eigenvalue weighted by Crippen LogP contribution is 2.36. The summed E-state index contributed by atoms with van der Waals surface area (Å²) in [4.78, 5) is 36.9. The average Bonchev–Trinajstić information content (AvgIpc) is 2.63. The van der Waals surface area contributed by atoms with Crippen molar-refractivity contribution in [1.29, 1.82) is 0 Å². The minimum atomic E-state index is -3.08. The van der Waals surface area contributed by atoms with Crippen LogP contribution >= 0.6 is 0 Å². The highest BCUT2D eigenvalue weighted by Gasteiger charge is 2.37. The van der Waals surface area contributed by atoms with Crippen LogP contribution in [-0.4, -0.2) is 48.2 Å². The van der Waals surface area contributed by atoms with Crippen molar-refractivity contribution in [3.63, 3.8) is 0 Å². The second-order valence-electron chi connectivity index (χ2n) is 5.94. The molecule has 1 heterocycles. The van der Waals surface area contributed by atoms with E-state index in [0.717, 1.165) is 7.11 Å². The first-order valence-corrected chi connectivity index (χ1v) is 8.38. The van der Waals surface area contributed by atoms with Crippen LogP contribution in [0.3, 0.4) is 0 Å². The molecule has 0 spiro atoms. The molecule has 1 aliphatic rings. The summed E-state index contributed by atoms with van der Waals surface area (Å²) in [5, 5.41) is 11.4. The molecule has 152 valence electrons. The van der Waals surface area contributed by atoms with Gasteiger partial charge in [0.2, 0.25) is 0 Å². The van der Waals surface area contributed by atoms with Crippen LogP contribution in [0.25, 0.3) is 0 Å². The Morgan fingerprint density at radius 1 is 1.32 bits per heavy atom. The maximum atomic E-state index is 12.7. The summed E-state index contributed by atoms with van der Waals surface area (Å²) < 4.78 is 34.8.